The number of phenolic OH excluding ortho intramolecular Hbond substituents is 1. The molecule has 3 aromatic rings. The molecule has 2 unspecified atom stereocenters. The minimum absolute atomic E-state index is 0.0116. The van der Waals surface area contributed by atoms with Gasteiger partial charge in [0.25, 0.3) is 5.91 Å². The summed E-state index contributed by atoms with van der Waals surface area (Å²) in [6, 6.07) is 18.2. The molecule has 1 heterocycles. The van der Waals surface area contributed by atoms with Crippen LogP contribution in [0.25, 0.3) is 0 Å². The van der Waals surface area contributed by atoms with E-state index in [-0.39, 0.29) is 30.9 Å². The molecule has 3 aromatic carbocycles. The topological polar surface area (TPSA) is 88.1 Å². The van der Waals surface area contributed by atoms with E-state index in [1.165, 1.54) is 29.2 Å². The molecule has 8 heteroatoms. The van der Waals surface area contributed by atoms with Gasteiger partial charge in [-0.25, -0.2) is 4.39 Å². The molecule has 0 saturated heterocycles. The summed E-state index contributed by atoms with van der Waals surface area (Å²) in [6.45, 7) is 0.0343. The number of phenols is 1. The van der Waals surface area contributed by atoms with Gasteiger partial charge < -0.3 is 24.8 Å². The monoisotopic (exact) mass is 518 g/mol. The van der Waals surface area contributed by atoms with Crippen LogP contribution >= 0.6 is 0 Å². The van der Waals surface area contributed by atoms with Crippen molar-refractivity contribution in [1.82, 2.24) is 10.2 Å². The number of carbonyl (C=O) groups excluding carboxylic acids is 2. The van der Waals surface area contributed by atoms with E-state index in [4.69, 9.17) is 9.47 Å². The van der Waals surface area contributed by atoms with Gasteiger partial charge in [0.05, 0.1) is 0 Å². The molecule has 1 saturated carbocycles. The summed E-state index contributed by atoms with van der Waals surface area (Å²) in [6.07, 6.45) is 4.02. The first-order valence-corrected chi connectivity index (χ1v) is 13.0. The number of nitrogens with one attached hydrogen (secondary N) is 1. The molecule has 0 aromatic heterocycles. The maximum Gasteiger partial charge on any atom is 0.268 e. The van der Waals surface area contributed by atoms with Crippen molar-refractivity contribution in [3.05, 3.63) is 89.7 Å². The number of hydrogen-bond acceptors (Lipinski definition) is 5. The quantitative estimate of drug-likeness (QED) is 0.465. The Morgan fingerprint density at radius 3 is 2.34 bits per heavy atom. The lowest BCUT2D eigenvalue weighted by Crippen LogP contribution is -2.52. The van der Waals surface area contributed by atoms with Gasteiger partial charge in [0.1, 0.15) is 24.2 Å². The van der Waals surface area contributed by atoms with Crippen molar-refractivity contribution in [3.63, 3.8) is 0 Å². The molecule has 0 bridgehead atoms. The van der Waals surface area contributed by atoms with Gasteiger partial charge in [-0.2, -0.15) is 0 Å². The van der Waals surface area contributed by atoms with Crippen molar-refractivity contribution in [2.75, 3.05) is 6.61 Å². The van der Waals surface area contributed by atoms with Crippen molar-refractivity contribution in [2.45, 2.75) is 56.8 Å². The highest BCUT2D eigenvalue weighted by molar-refractivity contribution is 5.91. The highest BCUT2D eigenvalue weighted by atomic mass is 19.1. The number of fused-ring (bicyclic) bond motifs is 1. The normalized spacial score (nSPS) is 17.9. The maximum atomic E-state index is 14.1. The van der Waals surface area contributed by atoms with Crippen LogP contribution in [0.15, 0.2) is 72.8 Å². The number of hydrogen-bond donors (Lipinski definition) is 2. The third-order valence-electron chi connectivity index (χ3n) is 7.05. The fraction of sp³-hybridized carbons (Fsp3) is 0.333. The van der Waals surface area contributed by atoms with E-state index in [2.05, 4.69) is 5.32 Å². The summed E-state index contributed by atoms with van der Waals surface area (Å²) in [5, 5.41) is 13.0. The summed E-state index contributed by atoms with van der Waals surface area (Å²) >= 11 is 0. The van der Waals surface area contributed by atoms with Crippen LogP contribution in [-0.4, -0.2) is 40.6 Å². The molecule has 1 aliphatic carbocycles. The molecule has 2 atom stereocenters. The van der Waals surface area contributed by atoms with E-state index in [9.17, 15) is 19.1 Å². The third-order valence-corrected chi connectivity index (χ3v) is 7.05. The molecule has 2 aliphatic rings. The zero-order valence-corrected chi connectivity index (χ0v) is 21.0. The van der Waals surface area contributed by atoms with Gasteiger partial charge in [0.2, 0.25) is 12.0 Å². The number of amides is 2. The highest BCUT2D eigenvalue weighted by Gasteiger charge is 2.38. The van der Waals surface area contributed by atoms with Crippen LogP contribution in [-0.2, 0) is 16.1 Å². The lowest BCUT2D eigenvalue weighted by atomic mass is 9.94. The third kappa shape index (κ3) is 5.90. The average Bonchev–Trinajstić information content (AvgIpc) is 2.94. The first-order chi connectivity index (χ1) is 18.5. The molecule has 198 valence electrons. The summed E-state index contributed by atoms with van der Waals surface area (Å²) in [5.74, 6) is -0.0797. The number of benzene rings is 3. The van der Waals surface area contributed by atoms with Crippen molar-refractivity contribution in [3.8, 4) is 17.2 Å². The van der Waals surface area contributed by atoms with Crippen molar-refractivity contribution < 1.29 is 28.6 Å². The van der Waals surface area contributed by atoms with E-state index in [1.54, 1.807) is 42.5 Å². The fourth-order valence-electron chi connectivity index (χ4n) is 5.07. The van der Waals surface area contributed by atoms with Gasteiger partial charge in [0.15, 0.2) is 11.5 Å². The van der Waals surface area contributed by atoms with Gasteiger partial charge in [-0.05, 0) is 60.4 Å². The number of rotatable bonds is 7. The summed E-state index contributed by atoms with van der Waals surface area (Å²) in [7, 11) is 0. The van der Waals surface area contributed by atoms with E-state index >= 15 is 0 Å². The Labute approximate surface area is 221 Å². The molecule has 1 fully saturated rings. The fourth-order valence-corrected chi connectivity index (χ4v) is 5.07. The second-order valence-corrected chi connectivity index (χ2v) is 9.79. The molecule has 0 radical (unpaired) electrons. The smallest absolute Gasteiger partial charge is 0.268 e. The second kappa shape index (κ2) is 11.5. The second-order valence-electron chi connectivity index (χ2n) is 9.79. The van der Waals surface area contributed by atoms with Crippen LogP contribution in [0.2, 0.25) is 0 Å². The van der Waals surface area contributed by atoms with Gasteiger partial charge in [-0.1, -0.05) is 55.7 Å². The maximum absolute atomic E-state index is 14.1. The zero-order valence-electron chi connectivity index (χ0n) is 21.0. The number of ether oxygens (including phenoxy) is 2. The predicted octanol–water partition coefficient (Wildman–Crippen LogP) is 4.89. The predicted molar refractivity (Wildman–Crippen MR) is 139 cm³/mol. The largest absolute Gasteiger partial charge is 0.508 e. The Morgan fingerprint density at radius 1 is 0.947 bits per heavy atom. The first kappa shape index (κ1) is 25.6. The highest BCUT2D eigenvalue weighted by Crippen LogP contribution is 2.33. The van der Waals surface area contributed by atoms with Crippen molar-refractivity contribution >= 4 is 11.8 Å². The first-order valence-electron chi connectivity index (χ1n) is 13.0. The van der Waals surface area contributed by atoms with Crippen LogP contribution < -0.4 is 14.8 Å². The zero-order chi connectivity index (χ0) is 26.5. The number of para-hydroxylation sites is 2. The molecular weight excluding hydrogens is 487 g/mol. The number of nitrogens with zero attached hydrogens (tertiary/aromatic N) is 1. The molecule has 38 heavy (non-hydrogen) atoms. The van der Waals surface area contributed by atoms with Crippen molar-refractivity contribution in [1.29, 1.82) is 0 Å². The van der Waals surface area contributed by atoms with Crippen LogP contribution in [0, 0.1) is 5.82 Å². The summed E-state index contributed by atoms with van der Waals surface area (Å²) < 4.78 is 25.5. The van der Waals surface area contributed by atoms with E-state index < -0.39 is 23.9 Å². The van der Waals surface area contributed by atoms with Crippen LogP contribution in [0.5, 0.6) is 17.2 Å². The Kier molecular flexibility index (Phi) is 7.77. The Balaban J connectivity index is 1.50. The minimum Gasteiger partial charge on any atom is -0.508 e. The van der Waals surface area contributed by atoms with Crippen LogP contribution in [0.4, 0.5) is 4.39 Å². The SMILES string of the molecule is O=C(NC1CCCCC1)C(c1ccc(O)cc1)N(Cc1ccc(F)cc1)C(=O)C1COc2ccccc2O1. The molecule has 1 aliphatic heterocycles. The number of halogens is 1. The van der Waals surface area contributed by atoms with Crippen LogP contribution in [0.1, 0.15) is 49.3 Å². The molecule has 5 rings (SSSR count). The summed E-state index contributed by atoms with van der Waals surface area (Å²) in [5.41, 5.74) is 1.20. The Bertz CT molecular complexity index is 1260. The molecule has 2 amide bonds. The van der Waals surface area contributed by atoms with Gasteiger partial charge in [0, 0.05) is 12.6 Å². The lowest BCUT2D eigenvalue weighted by Gasteiger charge is -2.36. The Hall–Kier alpha value is -4.07. The van der Waals surface area contributed by atoms with E-state index in [0.717, 1.165) is 32.1 Å². The molecule has 0 spiro atoms. The Morgan fingerprint density at radius 2 is 1.63 bits per heavy atom. The van der Waals surface area contributed by atoms with Gasteiger partial charge in [-0.15, -0.1) is 0 Å². The van der Waals surface area contributed by atoms with Gasteiger partial charge >= 0.3 is 0 Å². The molecule has 7 nitrogen and oxygen atoms in total. The number of aromatic hydroxyl groups is 1. The molecular formula is C30H31FN2O5. The average molecular weight is 519 g/mol. The standard InChI is InChI=1S/C30H31FN2O5/c31-22-14-10-20(11-15-22)18-33(30(36)27-19-37-25-8-4-5-9-26(25)38-27)28(21-12-16-24(34)17-13-21)29(35)32-23-6-2-1-3-7-23/h4-5,8-17,23,27-28,34H,1-3,6-7,18-19H2,(H,32,35). The van der Waals surface area contributed by atoms with E-state index in [0.29, 0.717) is 22.6 Å². The number of carbonyl (C=O) groups is 2. The van der Waals surface area contributed by atoms with Gasteiger partial charge in [-0.3, -0.25) is 9.59 Å². The van der Waals surface area contributed by atoms with Crippen molar-refractivity contribution in [2.24, 2.45) is 0 Å². The lowest BCUT2D eigenvalue weighted by molar-refractivity contribution is -0.149. The minimum atomic E-state index is -1.00. The summed E-state index contributed by atoms with van der Waals surface area (Å²) in [4.78, 5) is 29.4. The van der Waals surface area contributed by atoms with E-state index in [1.807, 2.05) is 6.07 Å². The molecule has 2 N–H and O–H groups in total. The van der Waals surface area contributed by atoms with Crippen LogP contribution in [0.3, 0.4) is 0 Å².